The summed E-state index contributed by atoms with van der Waals surface area (Å²) in [6, 6.07) is 22.5. The molecule has 4 aromatic rings. The van der Waals surface area contributed by atoms with Crippen molar-refractivity contribution >= 4 is 33.4 Å². The van der Waals surface area contributed by atoms with Gasteiger partial charge in [-0.2, -0.15) is 0 Å². The van der Waals surface area contributed by atoms with Crippen LogP contribution in [0.5, 0.6) is 0 Å². The number of nitrogens with zero attached hydrogens (tertiary/aromatic N) is 3. The number of para-hydroxylation sites is 2. The summed E-state index contributed by atoms with van der Waals surface area (Å²) in [6.07, 6.45) is 4.16. The molecule has 1 amide bonds. The lowest BCUT2D eigenvalue weighted by molar-refractivity contribution is -0.117. The molecule has 2 heterocycles. The van der Waals surface area contributed by atoms with E-state index in [1.165, 1.54) is 5.52 Å². The standard InChI is InChI=1S/C25H26N4O/c30-25(27-22-10-5-7-20-6-1-2-8-21(20)22)17-28-14-12-19(13-15-28)16-29-18-26-23-9-3-4-11-24(23)29/h1-11,18-19H,12-17H2,(H,27,30). The predicted molar refractivity (Wildman–Crippen MR) is 121 cm³/mol. The van der Waals surface area contributed by atoms with Crippen molar-refractivity contribution in [3.63, 3.8) is 0 Å². The van der Waals surface area contributed by atoms with Gasteiger partial charge in [-0.15, -0.1) is 0 Å². The number of hydrogen-bond acceptors (Lipinski definition) is 3. The minimum Gasteiger partial charge on any atom is -0.330 e. The fraction of sp³-hybridized carbons (Fsp3) is 0.280. The normalized spacial score (nSPS) is 15.6. The third-order valence-corrected chi connectivity index (χ3v) is 6.12. The van der Waals surface area contributed by atoms with Gasteiger partial charge < -0.3 is 9.88 Å². The van der Waals surface area contributed by atoms with Gasteiger partial charge in [0.25, 0.3) is 0 Å². The van der Waals surface area contributed by atoms with Crippen LogP contribution in [-0.2, 0) is 11.3 Å². The van der Waals surface area contributed by atoms with Crippen LogP contribution >= 0.6 is 0 Å². The van der Waals surface area contributed by atoms with E-state index in [1.807, 2.05) is 36.7 Å². The van der Waals surface area contributed by atoms with Gasteiger partial charge in [-0.25, -0.2) is 4.98 Å². The lowest BCUT2D eigenvalue weighted by Crippen LogP contribution is -2.40. The van der Waals surface area contributed by atoms with Gasteiger partial charge in [0.15, 0.2) is 0 Å². The zero-order valence-corrected chi connectivity index (χ0v) is 17.0. The Morgan fingerprint density at radius 3 is 2.63 bits per heavy atom. The molecule has 1 aliphatic heterocycles. The van der Waals surface area contributed by atoms with Crippen LogP contribution in [0.4, 0.5) is 5.69 Å². The molecule has 3 aromatic carbocycles. The van der Waals surface area contributed by atoms with Crippen LogP contribution in [0.15, 0.2) is 73.1 Å². The second-order valence-electron chi connectivity index (χ2n) is 8.18. The first kappa shape index (κ1) is 18.8. The molecule has 5 heteroatoms. The van der Waals surface area contributed by atoms with Crippen LogP contribution in [0.25, 0.3) is 21.8 Å². The van der Waals surface area contributed by atoms with Crippen molar-refractivity contribution in [1.29, 1.82) is 0 Å². The molecule has 5 rings (SSSR count). The predicted octanol–water partition coefficient (Wildman–Crippen LogP) is 4.54. The molecule has 1 fully saturated rings. The van der Waals surface area contributed by atoms with Crippen LogP contribution in [0, 0.1) is 5.92 Å². The van der Waals surface area contributed by atoms with Crippen molar-refractivity contribution in [2.24, 2.45) is 5.92 Å². The monoisotopic (exact) mass is 398 g/mol. The van der Waals surface area contributed by atoms with Crippen molar-refractivity contribution in [2.75, 3.05) is 25.0 Å². The molecule has 5 nitrogen and oxygen atoms in total. The number of hydrogen-bond donors (Lipinski definition) is 1. The Bertz CT molecular complexity index is 1170. The molecule has 0 unspecified atom stereocenters. The third-order valence-electron chi connectivity index (χ3n) is 6.12. The van der Waals surface area contributed by atoms with Crippen molar-refractivity contribution in [3.05, 3.63) is 73.1 Å². The van der Waals surface area contributed by atoms with Crippen LogP contribution in [0.2, 0.25) is 0 Å². The summed E-state index contributed by atoms with van der Waals surface area (Å²) in [5, 5.41) is 5.33. The Kier molecular flexibility index (Phi) is 5.20. The van der Waals surface area contributed by atoms with Crippen molar-refractivity contribution < 1.29 is 4.79 Å². The Labute approximate surface area is 176 Å². The molecule has 152 valence electrons. The van der Waals surface area contributed by atoms with Gasteiger partial charge in [0.05, 0.1) is 23.9 Å². The average molecular weight is 399 g/mol. The molecular weight excluding hydrogens is 372 g/mol. The minimum absolute atomic E-state index is 0.0606. The highest BCUT2D eigenvalue weighted by Crippen LogP contribution is 2.24. The number of nitrogens with one attached hydrogen (secondary N) is 1. The summed E-state index contributed by atoms with van der Waals surface area (Å²) in [4.78, 5) is 19.4. The number of fused-ring (bicyclic) bond motifs is 2. The number of anilines is 1. The SMILES string of the molecule is O=C(CN1CCC(Cn2cnc3ccccc32)CC1)Nc1cccc2ccccc12. The van der Waals surface area contributed by atoms with Gasteiger partial charge in [-0.1, -0.05) is 48.5 Å². The van der Waals surface area contributed by atoms with Crippen molar-refractivity contribution in [1.82, 2.24) is 14.5 Å². The number of likely N-dealkylation sites (tertiary alicyclic amines) is 1. The molecule has 0 aliphatic carbocycles. The number of amides is 1. The molecule has 0 bridgehead atoms. The Morgan fingerprint density at radius 1 is 0.967 bits per heavy atom. The van der Waals surface area contributed by atoms with Crippen molar-refractivity contribution in [2.45, 2.75) is 19.4 Å². The maximum absolute atomic E-state index is 12.6. The first-order valence-electron chi connectivity index (χ1n) is 10.7. The quantitative estimate of drug-likeness (QED) is 0.537. The van der Waals surface area contributed by atoms with Gasteiger partial charge in [-0.05, 0) is 55.4 Å². The number of carbonyl (C=O) groups excluding carboxylic acids is 1. The van der Waals surface area contributed by atoms with Gasteiger partial charge in [-0.3, -0.25) is 9.69 Å². The molecule has 30 heavy (non-hydrogen) atoms. The minimum atomic E-state index is 0.0606. The van der Waals surface area contributed by atoms with E-state index in [1.54, 1.807) is 0 Å². The first-order chi connectivity index (χ1) is 14.8. The van der Waals surface area contributed by atoms with E-state index in [0.29, 0.717) is 12.5 Å². The van der Waals surface area contributed by atoms with E-state index in [9.17, 15) is 4.79 Å². The number of benzene rings is 3. The molecule has 0 saturated carbocycles. The van der Waals surface area contributed by atoms with Crippen LogP contribution in [-0.4, -0.2) is 40.0 Å². The summed E-state index contributed by atoms with van der Waals surface area (Å²) in [6.45, 7) is 3.36. The van der Waals surface area contributed by atoms with Crippen molar-refractivity contribution in [3.8, 4) is 0 Å². The fourth-order valence-electron chi connectivity index (χ4n) is 4.49. The number of imidazole rings is 1. The van der Waals surface area contributed by atoms with E-state index >= 15 is 0 Å². The van der Waals surface area contributed by atoms with Gasteiger partial charge in [0.1, 0.15) is 0 Å². The van der Waals surface area contributed by atoms with Gasteiger partial charge in [0.2, 0.25) is 5.91 Å². The number of carbonyl (C=O) groups is 1. The molecular formula is C25H26N4O. The Balaban J connectivity index is 1.16. The molecule has 0 radical (unpaired) electrons. The van der Waals surface area contributed by atoms with Crippen LogP contribution in [0.1, 0.15) is 12.8 Å². The highest BCUT2D eigenvalue weighted by Gasteiger charge is 2.22. The molecule has 1 aromatic heterocycles. The Morgan fingerprint density at radius 2 is 1.73 bits per heavy atom. The summed E-state index contributed by atoms with van der Waals surface area (Å²) < 4.78 is 2.27. The molecule has 0 spiro atoms. The maximum atomic E-state index is 12.6. The molecule has 1 saturated heterocycles. The zero-order valence-electron chi connectivity index (χ0n) is 17.0. The summed E-state index contributed by atoms with van der Waals surface area (Å²) >= 11 is 0. The lowest BCUT2D eigenvalue weighted by atomic mass is 9.96. The third kappa shape index (κ3) is 3.94. The summed E-state index contributed by atoms with van der Waals surface area (Å²) in [5.74, 6) is 0.686. The smallest absolute Gasteiger partial charge is 0.238 e. The second kappa shape index (κ2) is 8.28. The van der Waals surface area contributed by atoms with E-state index in [-0.39, 0.29) is 5.91 Å². The number of piperidine rings is 1. The van der Waals surface area contributed by atoms with E-state index in [0.717, 1.165) is 54.5 Å². The highest BCUT2D eigenvalue weighted by atomic mass is 16.2. The topological polar surface area (TPSA) is 50.2 Å². The zero-order chi connectivity index (χ0) is 20.3. The van der Waals surface area contributed by atoms with E-state index < -0.39 is 0 Å². The molecule has 1 N–H and O–H groups in total. The summed E-state index contributed by atoms with van der Waals surface area (Å²) in [7, 11) is 0. The largest absolute Gasteiger partial charge is 0.330 e. The molecule has 0 atom stereocenters. The van der Waals surface area contributed by atoms with Crippen LogP contribution in [0.3, 0.4) is 0 Å². The van der Waals surface area contributed by atoms with E-state index in [4.69, 9.17) is 0 Å². The fourth-order valence-corrected chi connectivity index (χ4v) is 4.49. The van der Waals surface area contributed by atoms with Gasteiger partial charge >= 0.3 is 0 Å². The maximum Gasteiger partial charge on any atom is 0.238 e. The first-order valence-corrected chi connectivity index (χ1v) is 10.7. The number of aromatic nitrogens is 2. The molecule has 1 aliphatic rings. The highest BCUT2D eigenvalue weighted by molar-refractivity contribution is 6.02. The van der Waals surface area contributed by atoms with Crippen LogP contribution < -0.4 is 5.32 Å². The Hall–Kier alpha value is -3.18. The van der Waals surface area contributed by atoms with Gasteiger partial charge in [0, 0.05) is 17.6 Å². The van der Waals surface area contributed by atoms with E-state index in [2.05, 4.69) is 56.2 Å². The second-order valence-corrected chi connectivity index (χ2v) is 8.18. The average Bonchev–Trinajstić information content (AvgIpc) is 3.18. The summed E-state index contributed by atoms with van der Waals surface area (Å²) in [5.41, 5.74) is 3.15. The lowest BCUT2D eigenvalue weighted by Gasteiger charge is -2.31. The number of rotatable bonds is 5.